The van der Waals surface area contributed by atoms with Gasteiger partial charge in [-0.1, -0.05) is 6.07 Å². The first-order valence-corrected chi connectivity index (χ1v) is 9.45. The SMILES string of the molecule is Cc1ccc(C(=O)NCCN(Cc2ccco2)S(C)(=O)=O)cc1C. The standard InChI is InChI=1S/C17H22N2O4S/c1-13-6-7-15(11-14(13)2)17(20)18-8-9-19(24(3,21)22)12-16-5-4-10-23-16/h4-7,10-11H,8-9,12H2,1-3H3,(H,18,20). The molecule has 0 aliphatic carbocycles. The first-order valence-electron chi connectivity index (χ1n) is 7.60. The molecule has 0 aliphatic rings. The lowest BCUT2D eigenvalue weighted by Crippen LogP contribution is -2.37. The molecule has 130 valence electrons. The zero-order chi connectivity index (χ0) is 17.7. The second kappa shape index (κ2) is 7.63. The number of aryl methyl sites for hydroxylation is 2. The van der Waals surface area contributed by atoms with Crippen LogP contribution in [0.4, 0.5) is 0 Å². The van der Waals surface area contributed by atoms with Crippen LogP contribution in [0.1, 0.15) is 27.2 Å². The normalized spacial score (nSPS) is 11.7. The Morgan fingerprint density at radius 2 is 1.96 bits per heavy atom. The fourth-order valence-electron chi connectivity index (χ4n) is 2.22. The van der Waals surface area contributed by atoms with Crippen molar-refractivity contribution in [2.75, 3.05) is 19.3 Å². The predicted molar refractivity (Wildman–Crippen MR) is 92.2 cm³/mol. The monoisotopic (exact) mass is 350 g/mol. The molecule has 24 heavy (non-hydrogen) atoms. The van der Waals surface area contributed by atoms with Crippen LogP contribution in [0.5, 0.6) is 0 Å². The Balaban J connectivity index is 1.94. The van der Waals surface area contributed by atoms with Crippen molar-refractivity contribution in [1.29, 1.82) is 0 Å². The van der Waals surface area contributed by atoms with Crippen molar-refractivity contribution >= 4 is 15.9 Å². The maximum atomic E-state index is 12.2. The Kier molecular flexibility index (Phi) is 5.80. The number of sulfonamides is 1. The Hall–Kier alpha value is -2.12. The van der Waals surface area contributed by atoms with Crippen LogP contribution in [0.15, 0.2) is 41.0 Å². The molecule has 0 saturated carbocycles. The third kappa shape index (κ3) is 4.94. The van der Waals surface area contributed by atoms with E-state index in [0.717, 1.165) is 17.4 Å². The van der Waals surface area contributed by atoms with Gasteiger partial charge < -0.3 is 9.73 Å². The number of nitrogens with zero attached hydrogens (tertiary/aromatic N) is 1. The largest absolute Gasteiger partial charge is 0.468 e. The highest BCUT2D eigenvalue weighted by atomic mass is 32.2. The third-order valence-corrected chi connectivity index (χ3v) is 5.05. The molecule has 2 aromatic rings. The number of furan rings is 1. The van der Waals surface area contributed by atoms with Gasteiger partial charge in [-0.2, -0.15) is 4.31 Å². The summed E-state index contributed by atoms with van der Waals surface area (Å²) in [5.41, 5.74) is 2.72. The van der Waals surface area contributed by atoms with E-state index < -0.39 is 10.0 Å². The molecule has 0 radical (unpaired) electrons. The van der Waals surface area contributed by atoms with E-state index in [-0.39, 0.29) is 25.5 Å². The molecular weight excluding hydrogens is 328 g/mol. The zero-order valence-corrected chi connectivity index (χ0v) is 14.9. The molecule has 1 N–H and O–H groups in total. The van der Waals surface area contributed by atoms with Crippen LogP contribution in [-0.4, -0.2) is 38.0 Å². The van der Waals surface area contributed by atoms with Crippen LogP contribution < -0.4 is 5.32 Å². The number of benzene rings is 1. The van der Waals surface area contributed by atoms with Crippen molar-refractivity contribution in [3.8, 4) is 0 Å². The quantitative estimate of drug-likeness (QED) is 0.829. The van der Waals surface area contributed by atoms with Crippen molar-refractivity contribution < 1.29 is 17.6 Å². The van der Waals surface area contributed by atoms with Gasteiger partial charge in [0.05, 0.1) is 19.1 Å². The molecule has 0 unspecified atom stereocenters. The summed E-state index contributed by atoms with van der Waals surface area (Å²) in [4.78, 5) is 12.2. The van der Waals surface area contributed by atoms with Gasteiger partial charge in [0.15, 0.2) is 0 Å². The van der Waals surface area contributed by atoms with Gasteiger partial charge in [0.2, 0.25) is 10.0 Å². The minimum Gasteiger partial charge on any atom is -0.468 e. The summed E-state index contributed by atoms with van der Waals surface area (Å²) in [6, 6.07) is 8.89. The summed E-state index contributed by atoms with van der Waals surface area (Å²) in [5.74, 6) is 0.338. The van der Waals surface area contributed by atoms with Gasteiger partial charge >= 0.3 is 0 Å². The summed E-state index contributed by atoms with van der Waals surface area (Å²) in [5, 5.41) is 2.75. The Bertz CT molecular complexity index is 798. The smallest absolute Gasteiger partial charge is 0.251 e. The van der Waals surface area contributed by atoms with E-state index in [1.165, 1.54) is 10.6 Å². The number of hydrogen-bond donors (Lipinski definition) is 1. The summed E-state index contributed by atoms with van der Waals surface area (Å²) in [6.07, 6.45) is 2.64. The summed E-state index contributed by atoms with van der Waals surface area (Å²) in [6.45, 7) is 4.47. The van der Waals surface area contributed by atoms with Crippen LogP contribution in [0, 0.1) is 13.8 Å². The van der Waals surface area contributed by atoms with Crippen LogP contribution in [0.2, 0.25) is 0 Å². The fraction of sp³-hybridized carbons (Fsp3) is 0.353. The van der Waals surface area contributed by atoms with Gasteiger partial charge in [-0.15, -0.1) is 0 Å². The summed E-state index contributed by atoms with van der Waals surface area (Å²) < 4.78 is 30.2. The average molecular weight is 350 g/mol. The molecule has 0 saturated heterocycles. The molecule has 0 aliphatic heterocycles. The van der Waals surface area contributed by atoms with Crippen molar-refractivity contribution in [2.24, 2.45) is 0 Å². The van der Waals surface area contributed by atoms with Gasteiger partial charge in [0.1, 0.15) is 5.76 Å². The lowest BCUT2D eigenvalue weighted by Gasteiger charge is -2.19. The maximum absolute atomic E-state index is 12.2. The number of rotatable bonds is 7. The molecule has 1 aromatic heterocycles. The van der Waals surface area contributed by atoms with Gasteiger partial charge in [-0.25, -0.2) is 8.42 Å². The molecule has 7 heteroatoms. The topological polar surface area (TPSA) is 79.6 Å². The summed E-state index contributed by atoms with van der Waals surface area (Å²) in [7, 11) is -3.39. The third-order valence-electron chi connectivity index (χ3n) is 3.80. The van der Waals surface area contributed by atoms with E-state index in [4.69, 9.17) is 4.42 Å². The van der Waals surface area contributed by atoms with Crippen molar-refractivity contribution in [2.45, 2.75) is 20.4 Å². The molecule has 2 rings (SSSR count). The molecule has 0 bridgehead atoms. The first-order chi connectivity index (χ1) is 11.3. The van der Waals surface area contributed by atoms with Crippen LogP contribution >= 0.6 is 0 Å². The van der Waals surface area contributed by atoms with Crippen molar-refractivity contribution in [3.63, 3.8) is 0 Å². The Labute approximate surface area is 142 Å². The number of amides is 1. The van der Waals surface area contributed by atoms with Gasteiger partial charge in [0.25, 0.3) is 5.91 Å². The second-order valence-corrected chi connectivity index (χ2v) is 7.71. The van der Waals surface area contributed by atoms with E-state index in [1.807, 2.05) is 26.0 Å². The summed E-state index contributed by atoms with van der Waals surface area (Å²) >= 11 is 0. The highest BCUT2D eigenvalue weighted by Gasteiger charge is 2.18. The van der Waals surface area contributed by atoms with Crippen LogP contribution in [0.25, 0.3) is 0 Å². The lowest BCUT2D eigenvalue weighted by molar-refractivity contribution is 0.0951. The molecule has 0 spiro atoms. The number of hydrogen-bond acceptors (Lipinski definition) is 4. The second-order valence-electron chi connectivity index (χ2n) is 5.73. The first kappa shape index (κ1) is 18.2. The Morgan fingerprint density at radius 3 is 2.54 bits per heavy atom. The van der Waals surface area contributed by atoms with E-state index in [9.17, 15) is 13.2 Å². The molecule has 0 fully saturated rings. The highest BCUT2D eigenvalue weighted by Crippen LogP contribution is 2.10. The average Bonchev–Trinajstić information content (AvgIpc) is 3.01. The molecule has 6 nitrogen and oxygen atoms in total. The molecular formula is C17H22N2O4S. The molecule has 1 amide bonds. The fourth-order valence-corrected chi connectivity index (χ4v) is 3.00. The molecule has 0 atom stereocenters. The number of carbonyl (C=O) groups is 1. The lowest BCUT2D eigenvalue weighted by atomic mass is 10.1. The van der Waals surface area contributed by atoms with E-state index in [2.05, 4.69) is 5.32 Å². The van der Waals surface area contributed by atoms with E-state index in [1.54, 1.807) is 18.2 Å². The van der Waals surface area contributed by atoms with Crippen LogP contribution in [0.3, 0.4) is 0 Å². The minimum atomic E-state index is -3.39. The highest BCUT2D eigenvalue weighted by molar-refractivity contribution is 7.88. The van der Waals surface area contributed by atoms with E-state index in [0.29, 0.717) is 11.3 Å². The van der Waals surface area contributed by atoms with Crippen molar-refractivity contribution in [3.05, 3.63) is 59.0 Å². The van der Waals surface area contributed by atoms with Gasteiger partial charge in [0, 0.05) is 18.7 Å². The molecule has 1 aromatic carbocycles. The predicted octanol–water partition coefficient (Wildman–Crippen LogP) is 2.09. The van der Waals surface area contributed by atoms with Gasteiger partial charge in [-0.3, -0.25) is 4.79 Å². The Morgan fingerprint density at radius 1 is 1.21 bits per heavy atom. The molecule has 1 heterocycles. The van der Waals surface area contributed by atoms with E-state index >= 15 is 0 Å². The van der Waals surface area contributed by atoms with Crippen molar-refractivity contribution in [1.82, 2.24) is 9.62 Å². The number of carbonyl (C=O) groups excluding carboxylic acids is 1. The van der Waals surface area contributed by atoms with Crippen LogP contribution in [-0.2, 0) is 16.6 Å². The van der Waals surface area contributed by atoms with Gasteiger partial charge in [-0.05, 0) is 49.2 Å². The number of nitrogens with one attached hydrogen (secondary N) is 1. The maximum Gasteiger partial charge on any atom is 0.251 e. The zero-order valence-electron chi connectivity index (χ0n) is 14.1. The minimum absolute atomic E-state index is 0.144.